The highest BCUT2D eigenvalue weighted by Gasteiger charge is 2.22. The van der Waals surface area contributed by atoms with Crippen LogP contribution in [0, 0.1) is 10.1 Å². The van der Waals surface area contributed by atoms with Gasteiger partial charge in [0.05, 0.1) is 30.3 Å². The molecule has 0 aliphatic carbocycles. The number of benzene rings is 3. The molecule has 0 unspecified atom stereocenters. The van der Waals surface area contributed by atoms with E-state index in [-0.39, 0.29) is 16.8 Å². The number of ether oxygens (including phenoxy) is 2. The van der Waals surface area contributed by atoms with Gasteiger partial charge in [-0.05, 0) is 42.0 Å². The van der Waals surface area contributed by atoms with Crippen molar-refractivity contribution in [3.05, 3.63) is 99.6 Å². The Morgan fingerprint density at radius 3 is 1.62 bits per heavy atom. The van der Waals surface area contributed by atoms with Gasteiger partial charge in [-0.15, -0.1) is 0 Å². The van der Waals surface area contributed by atoms with Gasteiger partial charge in [0.15, 0.2) is 0 Å². The fourth-order valence-corrected chi connectivity index (χ4v) is 3.07. The molecular formula is C23H21N3O6. The van der Waals surface area contributed by atoms with Gasteiger partial charge in [-0.3, -0.25) is 19.7 Å². The molecule has 164 valence electrons. The second-order valence-corrected chi connectivity index (χ2v) is 6.63. The van der Waals surface area contributed by atoms with Crippen LogP contribution in [-0.2, 0) is 0 Å². The Bertz CT molecular complexity index is 1070. The first kappa shape index (κ1) is 22.3. The highest BCUT2D eigenvalue weighted by atomic mass is 16.6. The van der Waals surface area contributed by atoms with Crippen LogP contribution in [0.4, 0.5) is 5.69 Å². The number of hydrogen-bond acceptors (Lipinski definition) is 6. The highest BCUT2D eigenvalue weighted by Crippen LogP contribution is 2.22. The second kappa shape index (κ2) is 10.1. The van der Waals surface area contributed by atoms with Gasteiger partial charge >= 0.3 is 0 Å². The lowest BCUT2D eigenvalue weighted by atomic mass is 10.1. The third kappa shape index (κ3) is 5.01. The number of nitro benzene ring substituents is 1. The van der Waals surface area contributed by atoms with Gasteiger partial charge in [0.1, 0.15) is 17.7 Å². The molecule has 9 heteroatoms. The van der Waals surface area contributed by atoms with Crippen molar-refractivity contribution in [3.8, 4) is 11.5 Å². The number of methoxy groups -OCH3 is 2. The Labute approximate surface area is 184 Å². The summed E-state index contributed by atoms with van der Waals surface area (Å²) in [6.07, 6.45) is -0.981. The first-order valence-corrected chi connectivity index (χ1v) is 9.56. The maximum Gasteiger partial charge on any atom is 0.269 e. The van der Waals surface area contributed by atoms with E-state index < -0.39 is 22.9 Å². The zero-order valence-electron chi connectivity index (χ0n) is 17.4. The van der Waals surface area contributed by atoms with Crippen LogP contribution < -0.4 is 20.1 Å². The molecule has 0 spiro atoms. The van der Waals surface area contributed by atoms with Crippen LogP contribution in [0.25, 0.3) is 0 Å². The van der Waals surface area contributed by atoms with Crippen LogP contribution in [0.3, 0.4) is 0 Å². The smallest absolute Gasteiger partial charge is 0.269 e. The Morgan fingerprint density at radius 2 is 1.22 bits per heavy atom. The highest BCUT2D eigenvalue weighted by molar-refractivity contribution is 5.99. The van der Waals surface area contributed by atoms with Crippen molar-refractivity contribution in [2.75, 3.05) is 14.2 Å². The number of rotatable bonds is 8. The number of para-hydroxylation sites is 2. The van der Waals surface area contributed by atoms with E-state index in [1.807, 2.05) is 0 Å². The monoisotopic (exact) mass is 435 g/mol. The lowest BCUT2D eigenvalue weighted by Crippen LogP contribution is -2.41. The third-order valence-corrected chi connectivity index (χ3v) is 4.69. The zero-order valence-corrected chi connectivity index (χ0v) is 17.4. The summed E-state index contributed by atoms with van der Waals surface area (Å²) in [4.78, 5) is 36.4. The Hall–Kier alpha value is -4.40. The van der Waals surface area contributed by atoms with Gasteiger partial charge in [-0.25, -0.2) is 0 Å². The van der Waals surface area contributed by atoms with Gasteiger partial charge in [-0.1, -0.05) is 24.3 Å². The largest absolute Gasteiger partial charge is 0.496 e. The molecule has 3 rings (SSSR count). The van der Waals surface area contributed by atoms with Gasteiger partial charge in [0.25, 0.3) is 17.5 Å². The molecule has 0 atom stereocenters. The maximum absolute atomic E-state index is 12.9. The van der Waals surface area contributed by atoms with Crippen molar-refractivity contribution in [3.63, 3.8) is 0 Å². The van der Waals surface area contributed by atoms with Crippen LogP contribution in [0.15, 0.2) is 72.8 Å². The molecule has 0 aliphatic rings. The Kier molecular flexibility index (Phi) is 7.02. The van der Waals surface area contributed by atoms with E-state index in [1.54, 1.807) is 48.5 Å². The molecule has 0 bridgehead atoms. The first-order chi connectivity index (χ1) is 15.4. The quantitative estimate of drug-likeness (QED) is 0.318. The fourth-order valence-electron chi connectivity index (χ4n) is 3.07. The minimum absolute atomic E-state index is 0.111. The van der Waals surface area contributed by atoms with E-state index in [2.05, 4.69) is 10.6 Å². The van der Waals surface area contributed by atoms with Crippen LogP contribution >= 0.6 is 0 Å². The normalized spacial score (nSPS) is 10.3. The van der Waals surface area contributed by atoms with E-state index in [9.17, 15) is 19.7 Å². The molecule has 2 amide bonds. The molecule has 3 aromatic carbocycles. The SMILES string of the molecule is COc1ccccc1C(=O)NC(NC(=O)c1ccccc1OC)c1ccc([N+](=O)[O-])cc1. The molecule has 32 heavy (non-hydrogen) atoms. The van der Waals surface area contributed by atoms with Crippen LogP contribution in [0.1, 0.15) is 32.4 Å². The molecule has 0 heterocycles. The molecule has 3 aromatic rings. The van der Waals surface area contributed by atoms with E-state index in [0.29, 0.717) is 17.1 Å². The molecule has 0 saturated carbocycles. The van der Waals surface area contributed by atoms with Crippen LogP contribution in [-0.4, -0.2) is 31.0 Å². The van der Waals surface area contributed by atoms with Crippen molar-refractivity contribution in [2.24, 2.45) is 0 Å². The lowest BCUT2D eigenvalue weighted by molar-refractivity contribution is -0.384. The number of hydrogen-bond donors (Lipinski definition) is 2. The van der Waals surface area contributed by atoms with Crippen LogP contribution in [0.2, 0.25) is 0 Å². The topological polar surface area (TPSA) is 120 Å². The number of carbonyl (C=O) groups is 2. The van der Waals surface area contributed by atoms with Crippen molar-refractivity contribution in [1.82, 2.24) is 10.6 Å². The molecule has 0 fully saturated rings. The summed E-state index contributed by atoms with van der Waals surface area (Å²) in [5.74, 6) is -0.260. The summed E-state index contributed by atoms with van der Waals surface area (Å²) in [7, 11) is 2.90. The molecule has 0 aromatic heterocycles. The van der Waals surface area contributed by atoms with Crippen molar-refractivity contribution >= 4 is 17.5 Å². The van der Waals surface area contributed by atoms with E-state index in [0.717, 1.165) is 0 Å². The van der Waals surface area contributed by atoms with E-state index in [4.69, 9.17) is 9.47 Å². The first-order valence-electron chi connectivity index (χ1n) is 9.56. The fraction of sp³-hybridized carbons (Fsp3) is 0.130. The third-order valence-electron chi connectivity index (χ3n) is 4.69. The minimum atomic E-state index is -0.981. The lowest BCUT2D eigenvalue weighted by Gasteiger charge is -2.22. The van der Waals surface area contributed by atoms with Crippen LogP contribution in [0.5, 0.6) is 11.5 Å². The van der Waals surface area contributed by atoms with Crippen molar-refractivity contribution in [1.29, 1.82) is 0 Å². The average Bonchev–Trinajstić information content (AvgIpc) is 2.83. The number of nitrogens with zero attached hydrogens (tertiary/aromatic N) is 1. The number of nitro groups is 1. The number of nitrogens with one attached hydrogen (secondary N) is 2. The molecule has 2 N–H and O–H groups in total. The maximum atomic E-state index is 12.9. The summed E-state index contributed by atoms with van der Waals surface area (Å²) in [6.45, 7) is 0. The standard InChI is InChI=1S/C23H21N3O6/c1-31-19-9-5-3-7-17(19)22(27)24-21(15-11-13-16(14-12-15)26(29)30)25-23(28)18-8-4-6-10-20(18)32-2/h3-14,21H,1-2H3,(H,24,27)(H,25,28). The zero-order chi connectivity index (χ0) is 23.1. The number of carbonyl (C=O) groups excluding carboxylic acids is 2. The summed E-state index contributed by atoms with van der Waals surface area (Å²) < 4.78 is 10.5. The number of non-ortho nitro benzene ring substituents is 1. The van der Waals surface area contributed by atoms with Gasteiger partial charge in [0.2, 0.25) is 0 Å². The molecular weight excluding hydrogens is 414 g/mol. The Morgan fingerprint density at radius 1 is 0.781 bits per heavy atom. The average molecular weight is 435 g/mol. The predicted molar refractivity (Wildman–Crippen MR) is 117 cm³/mol. The molecule has 0 saturated heterocycles. The predicted octanol–water partition coefficient (Wildman–Crippen LogP) is 3.47. The van der Waals surface area contributed by atoms with Gasteiger partial charge < -0.3 is 20.1 Å². The number of amides is 2. The second-order valence-electron chi connectivity index (χ2n) is 6.63. The van der Waals surface area contributed by atoms with E-state index in [1.165, 1.54) is 38.5 Å². The minimum Gasteiger partial charge on any atom is -0.496 e. The summed E-state index contributed by atoms with van der Waals surface area (Å²) in [5, 5.41) is 16.5. The Balaban J connectivity index is 1.93. The van der Waals surface area contributed by atoms with Crippen molar-refractivity contribution < 1.29 is 24.0 Å². The van der Waals surface area contributed by atoms with Crippen molar-refractivity contribution in [2.45, 2.75) is 6.17 Å². The molecule has 9 nitrogen and oxygen atoms in total. The van der Waals surface area contributed by atoms with Gasteiger partial charge in [-0.2, -0.15) is 0 Å². The summed E-state index contributed by atoms with van der Waals surface area (Å²) >= 11 is 0. The van der Waals surface area contributed by atoms with Gasteiger partial charge in [0, 0.05) is 12.1 Å². The molecule has 0 aliphatic heterocycles. The summed E-state index contributed by atoms with van der Waals surface area (Å²) in [6, 6.07) is 18.8. The van der Waals surface area contributed by atoms with E-state index >= 15 is 0 Å². The summed E-state index contributed by atoms with van der Waals surface area (Å²) in [5.41, 5.74) is 0.878. The molecule has 0 radical (unpaired) electrons.